The Morgan fingerprint density at radius 3 is 2.33 bits per heavy atom. The second-order valence-electron chi connectivity index (χ2n) is 6.69. The second kappa shape index (κ2) is 10.1. The van der Waals surface area contributed by atoms with E-state index in [9.17, 15) is 14.4 Å². The van der Waals surface area contributed by atoms with E-state index < -0.39 is 29.9 Å². The van der Waals surface area contributed by atoms with Crippen LogP contribution < -0.4 is 21.1 Å². The van der Waals surface area contributed by atoms with Gasteiger partial charge in [0.15, 0.2) is 0 Å². The summed E-state index contributed by atoms with van der Waals surface area (Å²) in [6, 6.07) is 2.28. The summed E-state index contributed by atoms with van der Waals surface area (Å²) in [7, 11) is 0. The van der Waals surface area contributed by atoms with Crippen molar-refractivity contribution in [2.24, 2.45) is 11.7 Å². The van der Waals surface area contributed by atoms with Crippen LogP contribution in [0.5, 0.6) is 5.75 Å². The summed E-state index contributed by atoms with van der Waals surface area (Å²) in [4.78, 5) is 36.0. The maximum absolute atomic E-state index is 12.7. The number of ether oxygens (including phenoxy) is 1. The van der Waals surface area contributed by atoms with Gasteiger partial charge in [-0.3, -0.25) is 14.4 Å². The molecule has 0 aliphatic carbocycles. The van der Waals surface area contributed by atoms with Gasteiger partial charge in [-0.25, -0.2) is 0 Å². The van der Waals surface area contributed by atoms with E-state index in [1.165, 1.54) is 25.1 Å². The van der Waals surface area contributed by atoms with Crippen molar-refractivity contribution in [2.45, 2.75) is 45.8 Å². The Hall–Kier alpha value is -2.32. The van der Waals surface area contributed by atoms with Gasteiger partial charge in [0.1, 0.15) is 24.4 Å². The van der Waals surface area contributed by atoms with Crippen LogP contribution in [0.3, 0.4) is 0 Å². The van der Waals surface area contributed by atoms with E-state index in [1.54, 1.807) is 20.8 Å². The molecular formula is C18H26ClN3O5. The summed E-state index contributed by atoms with van der Waals surface area (Å²) < 4.78 is 5.55. The third kappa shape index (κ3) is 7.07. The molecule has 150 valence electrons. The topological polar surface area (TPSA) is 131 Å². The van der Waals surface area contributed by atoms with Gasteiger partial charge in [0, 0.05) is 11.1 Å². The molecule has 0 saturated heterocycles. The third-order valence-electron chi connectivity index (χ3n) is 3.65. The highest BCUT2D eigenvalue weighted by atomic mass is 35.5. The van der Waals surface area contributed by atoms with Crippen LogP contribution in [0.4, 0.5) is 0 Å². The van der Waals surface area contributed by atoms with Gasteiger partial charge in [-0.2, -0.15) is 0 Å². The zero-order valence-electron chi connectivity index (χ0n) is 15.8. The number of nitrogens with one attached hydrogen (secondary N) is 2. The lowest BCUT2D eigenvalue weighted by molar-refractivity contribution is -0.141. The Kier molecular flexibility index (Phi) is 8.52. The van der Waals surface area contributed by atoms with Crippen molar-refractivity contribution < 1.29 is 24.2 Å². The van der Waals surface area contributed by atoms with Crippen molar-refractivity contribution in [1.29, 1.82) is 0 Å². The van der Waals surface area contributed by atoms with Crippen molar-refractivity contribution >= 4 is 29.4 Å². The summed E-state index contributed by atoms with van der Waals surface area (Å²) in [6.45, 7) is 6.77. The number of halogens is 1. The first-order valence-electron chi connectivity index (χ1n) is 8.54. The Morgan fingerprint density at radius 1 is 1.19 bits per heavy atom. The summed E-state index contributed by atoms with van der Waals surface area (Å²) in [5.74, 6) is -2.31. The molecule has 0 aromatic heterocycles. The molecule has 0 spiro atoms. The lowest BCUT2D eigenvalue weighted by Crippen LogP contribution is -2.53. The average molecular weight is 400 g/mol. The fourth-order valence-corrected chi connectivity index (χ4v) is 2.31. The second-order valence-corrected chi connectivity index (χ2v) is 7.13. The number of carboxylic acid groups (broad SMARTS) is 1. The van der Waals surface area contributed by atoms with E-state index in [1.807, 2.05) is 0 Å². The first-order valence-corrected chi connectivity index (χ1v) is 8.92. The smallest absolute Gasteiger partial charge is 0.325 e. The van der Waals surface area contributed by atoms with E-state index >= 15 is 0 Å². The maximum Gasteiger partial charge on any atom is 0.325 e. The Balaban J connectivity index is 2.99. The van der Waals surface area contributed by atoms with E-state index in [4.69, 9.17) is 27.2 Å². The van der Waals surface area contributed by atoms with Crippen molar-refractivity contribution in [2.75, 3.05) is 6.61 Å². The quantitative estimate of drug-likeness (QED) is 0.496. The van der Waals surface area contributed by atoms with Crippen molar-refractivity contribution in [1.82, 2.24) is 10.6 Å². The Labute approximate surface area is 163 Å². The SMILES string of the molecule is CC(C)[C@H](NC(=O)c1ccc(Cl)cc1OC[C@H](C)N)C(=O)N[C@@H](C)C(=O)O. The summed E-state index contributed by atoms with van der Waals surface area (Å²) in [5.41, 5.74) is 5.87. The number of hydrogen-bond donors (Lipinski definition) is 4. The fraction of sp³-hybridized carbons (Fsp3) is 0.500. The Bertz CT molecular complexity index is 694. The van der Waals surface area contributed by atoms with Crippen LogP contribution in [0, 0.1) is 5.92 Å². The highest BCUT2D eigenvalue weighted by Gasteiger charge is 2.28. The van der Waals surface area contributed by atoms with Crippen molar-refractivity contribution in [3.63, 3.8) is 0 Å². The van der Waals surface area contributed by atoms with E-state index in [0.717, 1.165) is 0 Å². The third-order valence-corrected chi connectivity index (χ3v) is 3.89. The monoisotopic (exact) mass is 399 g/mol. The van der Waals surface area contributed by atoms with Gasteiger partial charge in [-0.1, -0.05) is 25.4 Å². The molecule has 0 unspecified atom stereocenters. The molecular weight excluding hydrogens is 374 g/mol. The van der Waals surface area contributed by atoms with Gasteiger partial charge in [0.2, 0.25) is 5.91 Å². The van der Waals surface area contributed by atoms with E-state index in [0.29, 0.717) is 5.02 Å². The van der Waals surface area contributed by atoms with Crippen LogP contribution in [0.25, 0.3) is 0 Å². The number of nitrogens with two attached hydrogens (primary N) is 1. The molecule has 9 heteroatoms. The number of carboxylic acids is 1. The number of benzene rings is 1. The number of carbonyl (C=O) groups is 3. The number of hydrogen-bond acceptors (Lipinski definition) is 5. The maximum atomic E-state index is 12.7. The minimum absolute atomic E-state index is 0.185. The molecule has 0 fully saturated rings. The van der Waals surface area contributed by atoms with Gasteiger partial charge in [0.05, 0.1) is 5.56 Å². The van der Waals surface area contributed by atoms with Crippen LogP contribution in [-0.2, 0) is 9.59 Å². The van der Waals surface area contributed by atoms with Crippen molar-refractivity contribution in [3.8, 4) is 5.75 Å². The molecule has 1 aromatic rings. The fourth-order valence-electron chi connectivity index (χ4n) is 2.14. The summed E-state index contributed by atoms with van der Waals surface area (Å²) in [6.07, 6.45) is 0. The van der Waals surface area contributed by atoms with Gasteiger partial charge >= 0.3 is 5.97 Å². The van der Waals surface area contributed by atoms with Gasteiger partial charge < -0.3 is 26.2 Å². The van der Waals surface area contributed by atoms with Crippen LogP contribution in [0.15, 0.2) is 18.2 Å². The zero-order valence-corrected chi connectivity index (χ0v) is 16.5. The molecule has 0 aliphatic rings. The molecule has 0 radical (unpaired) electrons. The number of amides is 2. The highest BCUT2D eigenvalue weighted by molar-refractivity contribution is 6.30. The molecule has 2 amide bonds. The molecule has 3 atom stereocenters. The number of rotatable bonds is 9. The summed E-state index contributed by atoms with van der Waals surface area (Å²) in [5, 5.41) is 14.3. The standard InChI is InChI=1S/C18H26ClN3O5/c1-9(2)15(17(24)21-11(4)18(25)26)22-16(23)13-6-5-12(19)7-14(13)27-8-10(3)20/h5-7,9-11,15H,8,20H2,1-4H3,(H,21,24)(H,22,23)(H,25,26)/t10-,11-,15-/m0/s1. The highest BCUT2D eigenvalue weighted by Crippen LogP contribution is 2.24. The number of carbonyl (C=O) groups excluding carboxylic acids is 2. The first-order chi connectivity index (χ1) is 12.5. The van der Waals surface area contributed by atoms with E-state index in [2.05, 4.69) is 10.6 Å². The molecule has 5 N–H and O–H groups in total. The van der Waals surface area contributed by atoms with Gasteiger partial charge in [0.25, 0.3) is 5.91 Å². The predicted molar refractivity (Wildman–Crippen MR) is 102 cm³/mol. The normalized spacial score (nSPS) is 14.2. The molecule has 0 bridgehead atoms. The molecule has 0 heterocycles. The molecule has 1 rings (SSSR count). The van der Waals surface area contributed by atoms with Crippen LogP contribution in [0.1, 0.15) is 38.1 Å². The first kappa shape index (κ1) is 22.7. The average Bonchev–Trinajstić information content (AvgIpc) is 2.56. The van der Waals surface area contributed by atoms with Crippen LogP contribution in [0.2, 0.25) is 5.02 Å². The molecule has 1 aromatic carbocycles. The minimum Gasteiger partial charge on any atom is -0.491 e. The molecule has 0 saturated carbocycles. The van der Waals surface area contributed by atoms with Gasteiger partial charge in [-0.15, -0.1) is 0 Å². The summed E-state index contributed by atoms with van der Waals surface area (Å²) >= 11 is 5.97. The lowest BCUT2D eigenvalue weighted by Gasteiger charge is -2.23. The zero-order chi connectivity index (χ0) is 20.7. The lowest BCUT2D eigenvalue weighted by atomic mass is 10.0. The molecule has 8 nitrogen and oxygen atoms in total. The van der Waals surface area contributed by atoms with Gasteiger partial charge in [-0.05, 0) is 38.0 Å². The predicted octanol–water partition coefficient (Wildman–Crippen LogP) is 1.41. The molecule has 27 heavy (non-hydrogen) atoms. The molecule has 0 aliphatic heterocycles. The van der Waals surface area contributed by atoms with Crippen LogP contribution >= 0.6 is 11.6 Å². The van der Waals surface area contributed by atoms with Crippen molar-refractivity contribution in [3.05, 3.63) is 28.8 Å². The van der Waals surface area contributed by atoms with Crippen LogP contribution in [-0.4, -0.2) is 47.6 Å². The Morgan fingerprint density at radius 2 is 1.81 bits per heavy atom. The number of aliphatic carboxylic acids is 1. The minimum atomic E-state index is -1.17. The largest absolute Gasteiger partial charge is 0.491 e. The van der Waals surface area contributed by atoms with E-state index in [-0.39, 0.29) is 29.9 Å².